The first kappa shape index (κ1) is 21.4. The Balaban J connectivity index is 2.22. The van der Waals surface area contributed by atoms with E-state index in [1.54, 1.807) is 31.4 Å². The number of carbonyl (C=O) groups excluding carboxylic acids is 2. The molecule has 1 aliphatic heterocycles. The minimum atomic E-state index is -0.759. The number of aromatic hydroxyl groups is 1. The number of carbonyl (C=O) groups is 2. The van der Waals surface area contributed by atoms with Gasteiger partial charge in [0.2, 0.25) is 0 Å². The molecule has 1 atom stereocenters. The number of Topliss-reactive ketones (excluding diaryl/α,β-unsaturated/α-hetero) is 1. The van der Waals surface area contributed by atoms with Crippen molar-refractivity contribution in [1.29, 1.82) is 0 Å². The van der Waals surface area contributed by atoms with Crippen LogP contribution in [0.4, 0.5) is 0 Å². The van der Waals surface area contributed by atoms with E-state index in [0.717, 1.165) is 24.0 Å². The van der Waals surface area contributed by atoms with Crippen molar-refractivity contribution in [1.82, 2.24) is 4.90 Å². The van der Waals surface area contributed by atoms with E-state index in [2.05, 4.69) is 0 Å². The van der Waals surface area contributed by atoms with Gasteiger partial charge in [0.15, 0.2) is 0 Å². The second-order valence-electron chi connectivity index (χ2n) is 7.58. The van der Waals surface area contributed by atoms with Crippen LogP contribution in [0.3, 0.4) is 0 Å². The Kier molecular flexibility index (Phi) is 6.15. The summed E-state index contributed by atoms with van der Waals surface area (Å²) in [7, 11) is 1.57. The highest BCUT2D eigenvalue weighted by Gasteiger charge is 2.46. The van der Waals surface area contributed by atoms with Gasteiger partial charge < -0.3 is 19.8 Å². The Morgan fingerprint density at radius 3 is 2.50 bits per heavy atom. The fourth-order valence-electron chi connectivity index (χ4n) is 3.89. The number of phenolic OH excluding ortho intramolecular Hbond substituents is 1. The molecule has 2 N–H and O–H groups in total. The second-order valence-corrected chi connectivity index (χ2v) is 7.58. The highest BCUT2D eigenvalue weighted by atomic mass is 16.5. The van der Waals surface area contributed by atoms with Crippen molar-refractivity contribution < 1.29 is 24.5 Å². The van der Waals surface area contributed by atoms with Crippen molar-refractivity contribution in [3.8, 4) is 11.5 Å². The maximum atomic E-state index is 13.0. The predicted molar refractivity (Wildman–Crippen MR) is 114 cm³/mol. The summed E-state index contributed by atoms with van der Waals surface area (Å²) in [6.07, 6.45) is 1.58. The van der Waals surface area contributed by atoms with Gasteiger partial charge in [0.25, 0.3) is 11.7 Å². The summed E-state index contributed by atoms with van der Waals surface area (Å²) in [5, 5.41) is 21.2. The number of phenols is 1. The molecule has 0 aliphatic carbocycles. The maximum Gasteiger partial charge on any atom is 0.295 e. The van der Waals surface area contributed by atoms with Gasteiger partial charge in [-0.2, -0.15) is 0 Å². The lowest BCUT2D eigenvalue weighted by Gasteiger charge is -2.25. The average Bonchev–Trinajstić information content (AvgIpc) is 2.97. The number of benzene rings is 2. The summed E-state index contributed by atoms with van der Waals surface area (Å²) >= 11 is 0. The zero-order valence-corrected chi connectivity index (χ0v) is 17.7. The summed E-state index contributed by atoms with van der Waals surface area (Å²) in [6, 6.07) is 9.24. The van der Waals surface area contributed by atoms with Crippen LogP contribution < -0.4 is 4.74 Å². The highest BCUT2D eigenvalue weighted by molar-refractivity contribution is 6.46. The number of aryl methyl sites for hydroxylation is 2. The molecule has 0 spiro atoms. The lowest BCUT2D eigenvalue weighted by atomic mass is 9.93. The van der Waals surface area contributed by atoms with Gasteiger partial charge in [0.1, 0.15) is 17.3 Å². The molecule has 0 aromatic heterocycles. The van der Waals surface area contributed by atoms with Gasteiger partial charge in [-0.05, 0) is 61.2 Å². The predicted octanol–water partition coefficient (Wildman–Crippen LogP) is 4.24. The first-order valence-electron chi connectivity index (χ1n) is 10.0. The zero-order valence-electron chi connectivity index (χ0n) is 17.7. The smallest absolute Gasteiger partial charge is 0.295 e. The summed E-state index contributed by atoms with van der Waals surface area (Å²) < 4.78 is 5.33. The lowest BCUT2D eigenvalue weighted by molar-refractivity contribution is -0.139. The molecule has 30 heavy (non-hydrogen) atoms. The van der Waals surface area contributed by atoms with Crippen molar-refractivity contribution in [2.75, 3.05) is 13.7 Å². The SMILES string of the molecule is CCCCN1C(=O)C(=O)/C(=C(/O)c2cc(C)c(OC)cc2C)C1c1cccc(O)c1. The molecule has 2 aromatic rings. The topological polar surface area (TPSA) is 87.1 Å². The van der Waals surface area contributed by atoms with E-state index in [1.807, 2.05) is 20.8 Å². The monoisotopic (exact) mass is 409 g/mol. The third kappa shape index (κ3) is 3.77. The molecule has 1 fully saturated rings. The van der Waals surface area contributed by atoms with Gasteiger partial charge in [-0.15, -0.1) is 0 Å². The van der Waals surface area contributed by atoms with Crippen LogP contribution in [0, 0.1) is 13.8 Å². The molecule has 0 saturated carbocycles. The van der Waals surface area contributed by atoms with Crippen molar-refractivity contribution in [3.63, 3.8) is 0 Å². The number of methoxy groups -OCH3 is 1. The Bertz CT molecular complexity index is 1020. The molecule has 6 nitrogen and oxygen atoms in total. The fourth-order valence-corrected chi connectivity index (χ4v) is 3.89. The zero-order chi connectivity index (χ0) is 22.0. The molecule has 1 amide bonds. The van der Waals surface area contributed by atoms with Gasteiger partial charge in [0.05, 0.1) is 18.7 Å². The van der Waals surface area contributed by atoms with E-state index in [1.165, 1.54) is 17.0 Å². The van der Waals surface area contributed by atoms with Gasteiger partial charge >= 0.3 is 0 Å². The molecule has 0 radical (unpaired) electrons. The molecule has 3 rings (SSSR count). The number of likely N-dealkylation sites (tertiary alicyclic amines) is 1. The number of hydrogen-bond acceptors (Lipinski definition) is 5. The van der Waals surface area contributed by atoms with Crippen molar-refractivity contribution in [2.45, 2.75) is 39.7 Å². The number of ketones is 1. The quantitative estimate of drug-likeness (QED) is 0.423. The number of aliphatic hydroxyl groups is 1. The van der Waals surface area contributed by atoms with Crippen molar-refractivity contribution in [2.24, 2.45) is 0 Å². The van der Waals surface area contributed by atoms with E-state index in [0.29, 0.717) is 23.4 Å². The Hall–Kier alpha value is -3.28. The largest absolute Gasteiger partial charge is 0.508 e. The molecule has 1 unspecified atom stereocenters. The van der Waals surface area contributed by atoms with Crippen LogP contribution in [0.15, 0.2) is 42.0 Å². The molecule has 6 heteroatoms. The van der Waals surface area contributed by atoms with Crippen molar-refractivity contribution >= 4 is 17.4 Å². The van der Waals surface area contributed by atoms with Crippen LogP contribution >= 0.6 is 0 Å². The summed E-state index contributed by atoms with van der Waals surface area (Å²) in [5.41, 5.74) is 2.62. The van der Waals surface area contributed by atoms with E-state index in [9.17, 15) is 19.8 Å². The molecule has 0 bridgehead atoms. The van der Waals surface area contributed by atoms with E-state index >= 15 is 0 Å². The lowest BCUT2D eigenvalue weighted by Crippen LogP contribution is -2.30. The molecule has 2 aromatic carbocycles. The van der Waals surface area contributed by atoms with E-state index < -0.39 is 17.7 Å². The normalized spacial score (nSPS) is 18.1. The van der Waals surface area contributed by atoms with Crippen LogP contribution in [0.5, 0.6) is 11.5 Å². The Morgan fingerprint density at radius 2 is 1.87 bits per heavy atom. The van der Waals surface area contributed by atoms with Gasteiger partial charge in [-0.3, -0.25) is 9.59 Å². The van der Waals surface area contributed by atoms with Gasteiger partial charge in [0, 0.05) is 12.1 Å². The third-order valence-corrected chi connectivity index (χ3v) is 5.48. The highest BCUT2D eigenvalue weighted by Crippen LogP contribution is 2.41. The fraction of sp³-hybridized carbons (Fsp3) is 0.333. The molecule has 1 heterocycles. The summed E-state index contributed by atoms with van der Waals surface area (Å²) in [5.74, 6) is -0.864. The van der Waals surface area contributed by atoms with Crippen LogP contribution in [0.2, 0.25) is 0 Å². The summed E-state index contributed by atoms with van der Waals surface area (Å²) in [4.78, 5) is 27.3. The van der Waals surface area contributed by atoms with E-state index in [4.69, 9.17) is 4.74 Å². The van der Waals surface area contributed by atoms with Gasteiger partial charge in [-0.1, -0.05) is 25.5 Å². The minimum absolute atomic E-state index is 0.0325. The van der Waals surface area contributed by atoms with Gasteiger partial charge in [-0.25, -0.2) is 0 Å². The van der Waals surface area contributed by atoms with Crippen LogP contribution in [0.1, 0.15) is 48.1 Å². The number of ether oxygens (including phenoxy) is 1. The number of aliphatic hydroxyl groups excluding tert-OH is 1. The Labute approximate surface area is 176 Å². The molecular formula is C24H27NO5. The average molecular weight is 409 g/mol. The third-order valence-electron chi connectivity index (χ3n) is 5.48. The maximum absolute atomic E-state index is 13.0. The molecule has 1 saturated heterocycles. The number of amides is 1. The number of hydrogen-bond donors (Lipinski definition) is 2. The van der Waals surface area contributed by atoms with Crippen LogP contribution in [-0.4, -0.2) is 40.5 Å². The standard InChI is InChI=1S/C24H27NO5/c1-5-6-10-25-21(16-8-7-9-17(26)13-16)20(23(28)24(25)29)22(27)18-11-15(3)19(30-4)12-14(18)2/h7-9,11-13,21,26-27H,5-6,10H2,1-4H3/b22-20+. The van der Waals surface area contributed by atoms with E-state index in [-0.39, 0.29) is 17.1 Å². The first-order valence-corrected chi connectivity index (χ1v) is 10.0. The number of unbranched alkanes of at least 4 members (excludes halogenated alkanes) is 1. The summed E-state index contributed by atoms with van der Waals surface area (Å²) in [6.45, 7) is 6.05. The molecule has 158 valence electrons. The van der Waals surface area contributed by atoms with Crippen molar-refractivity contribution in [3.05, 3.63) is 64.2 Å². The number of nitrogens with zero attached hydrogens (tertiary/aromatic N) is 1. The second kappa shape index (κ2) is 8.61. The van der Waals surface area contributed by atoms with Crippen LogP contribution in [0.25, 0.3) is 5.76 Å². The first-order chi connectivity index (χ1) is 14.3. The van der Waals surface area contributed by atoms with Crippen LogP contribution in [-0.2, 0) is 9.59 Å². The molecular weight excluding hydrogens is 382 g/mol. The molecule has 1 aliphatic rings. The number of rotatable bonds is 6. The minimum Gasteiger partial charge on any atom is -0.508 e. The Morgan fingerprint density at radius 1 is 1.13 bits per heavy atom.